The van der Waals surface area contributed by atoms with Gasteiger partial charge < -0.3 is 5.73 Å². The molecule has 1 aliphatic carbocycles. The molecule has 2 N–H and O–H groups in total. The van der Waals surface area contributed by atoms with Gasteiger partial charge in [-0.15, -0.1) is 0 Å². The molecule has 0 unspecified atom stereocenters. The van der Waals surface area contributed by atoms with Crippen LogP contribution >= 0.6 is 0 Å². The zero-order chi connectivity index (χ0) is 13.6. The summed E-state index contributed by atoms with van der Waals surface area (Å²) in [6.07, 6.45) is 2.06. The molecule has 2 rings (SSSR count). The lowest BCUT2D eigenvalue weighted by molar-refractivity contribution is 0.597. The van der Waals surface area contributed by atoms with Crippen LogP contribution in [0.25, 0.3) is 0 Å². The van der Waals surface area contributed by atoms with Gasteiger partial charge in [-0.1, -0.05) is 31.2 Å². The summed E-state index contributed by atoms with van der Waals surface area (Å²) < 4.78 is 23.3. The SMILES string of the molecule is CCc1ccc([C@@H]2[C@H](S(C)(=O)=O)[C@@]2(N)C#N)cc1. The van der Waals surface area contributed by atoms with Crippen molar-refractivity contribution in [2.75, 3.05) is 6.26 Å². The highest BCUT2D eigenvalue weighted by Crippen LogP contribution is 2.53. The van der Waals surface area contributed by atoms with E-state index in [2.05, 4.69) is 0 Å². The van der Waals surface area contributed by atoms with Gasteiger partial charge in [0.15, 0.2) is 9.84 Å². The molecule has 3 atom stereocenters. The van der Waals surface area contributed by atoms with Crippen LogP contribution in [-0.4, -0.2) is 25.5 Å². The predicted octanol–water partition coefficient (Wildman–Crippen LogP) is 0.980. The van der Waals surface area contributed by atoms with Crippen LogP contribution in [-0.2, 0) is 16.3 Å². The molecular formula is C13H16N2O2S. The summed E-state index contributed by atoms with van der Waals surface area (Å²) >= 11 is 0. The minimum atomic E-state index is -3.31. The van der Waals surface area contributed by atoms with Crippen molar-refractivity contribution < 1.29 is 8.42 Å². The van der Waals surface area contributed by atoms with Crippen molar-refractivity contribution in [3.8, 4) is 6.07 Å². The predicted molar refractivity (Wildman–Crippen MR) is 69.7 cm³/mol. The van der Waals surface area contributed by atoms with E-state index in [0.717, 1.165) is 18.2 Å². The van der Waals surface area contributed by atoms with E-state index in [-0.39, 0.29) is 0 Å². The van der Waals surface area contributed by atoms with E-state index in [1.165, 1.54) is 5.56 Å². The first-order valence-electron chi connectivity index (χ1n) is 5.82. The summed E-state index contributed by atoms with van der Waals surface area (Å²) in [6.45, 7) is 2.05. The maximum absolute atomic E-state index is 11.6. The van der Waals surface area contributed by atoms with Gasteiger partial charge in [-0.2, -0.15) is 5.26 Å². The van der Waals surface area contributed by atoms with Crippen molar-refractivity contribution in [3.05, 3.63) is 35.4 Å². The van der Waals surface area contributed by atoms with Crippen LogP contribution in [0.2, 0.25) is 0 Å². The number of nitriles is 1. The molecule has 1 aliphatic rings. The van der Waals surface area contributed by atoms with Crippen molar-refractivity contribution in [1.29, 1.82) is 5.26 Å². The molecule has 96 valence electrons. The van der Waals surface area contributed by atoms with E-state index in [1.807, 2.05) is 37.3 Å². The first-order chi connectivity index (χ1) is 8.34. The molecule has 0 amide bonds. The standard InChI is InChI=1S/C13H16N2O2S/c1-3-9-4-6-10(7-5-9)11-12(18(2,16)17)13(11,15)8-14/h4-7,11-12H,3,15H2,1-2H3/t11-,12+,13-/m1/s1. The molecule has 5 heteroatoms. The summed E-state index contributed by atoms with van der Waals surface area (Å²) in [7, 11) is -3.31. The molecular weight excluding hydrogens is 248 g/mol. The third-order valence-electron chi connectivity index (χ3n) is 3.58. The van der Waals surface area contributed by atoms with Gasteiger partial charge in [-0.25, -0.2) is 8.42 Å². The average molecular weight is 264 g/mol. The Morgan fingerprint density at radius 2 is 1.94 bits per heavy atom. The van der Waals surface area contributed by atoms with Gasteiger partial charge in [-0.05, 0) is 17.5 Å². The number of benzene rings is 1. The van der Waals surface area contributed by atoms with E-state index < -0.39 is 26.5 Å². The summed E-state index contributed by atoms with van der Waals surface area (Å²) in [5.74, 6) is -0.414. The lowest BCUT2D eigenvalue weighted by atomic mass is 10.0. The Balaban J connectivity index is 2.37. The second-order valence-corrected chi connectivity index (χ2v) is 7.03. The number of sulfone groups is 1. The minimum Gasteiger partial charge on any atom is -0.312 e. The topological polar surface area (TPSA) is 83.9 Å². The summed E-state index contributed by atoms with van der Waals surface area (Å²) in [4.78, 5) is 0. The van der Waals surface area contributed by atoms with Crippen LogP contribution in [0.4, 0.5) is 0 Å². The molecule has 0 saturated heterocycles. The Morgan fingerprint density at radius 1 is 1.39 bits per heavy atom. The fourth-order valence-corrected chi connectivity index (χ4v) is 4.23. The molecule has 0 bridgehead atoms. The Labute approximate surface area is 107 Å². The number of nitrogens with two attached hydrogens (primary N) is 1. The van der Waals surface area contributed by atoms with Crippen LogP contribution in [0.15, 0.2) is 24.3 Å². The molecule has 18 heavy (non-hydrogen) atoms. The normalized spacial score (nSPS) is 30.8. The molecule has 0 spiro atoms. The smallest absolute Gasteiger partial charge is 0.153 e. The number of nitrogens with zero attached hydrogens (tertiary/aromatic N) is 1. The number of aryl methyl sites for hydroxylation is 1. The number of hydrogen-bond donors (Lipinski definition) is 1. The molecule has 0 aromatic heterocycles. The molecule has 0 radical (unpaired) electrons. The maximum atomic E-state index is 11.6. The van der Waals surface area contributed by atoms with Crippen LogP contribution in [0.3, 0.4) is 0 Å². The van der Waals surface area contributed by atoms with Crippen molar-refractivity contribution >= 4 is 9.84 Å². The zero-order valence-electron chi connectivity index (χ0n) is 10.4. The van der Waals surface area contributed by atoms with Gasteiger partial charge in [-0.3, -0.25) is 0 Å². The lowest BCUT2D eigenvalue weighted by Gasteiger charge is -2.02. The third kappa shape index (κ3) is 1.92. The lowest BCUT2D eigenvalue weighted by Crippen LogP contribution is -2.28. The van der Waals surface area contributed by atoms with Crippen LogP contribution in [0, 0.1) is 11.3 Å². The van der Waals surface area contributed by atoms with Crippen molar-refractivity contribution in [2.45, 2.75) is 30.1 Å². The molecule has 1 aromatic rings. The molecule has 1 fully saturated rings. The Morgan fingerprint density at radius 3 is 2.28 bits per heavy atom. The quantitative estimate of drug-likeness (QED) is 0.882. The van der Waals surface area contributed by atoms with Crippen molar-refractivity contribution in [2.24, 2.45) is 5.73 Å². The Bertz CT molecular complexity index is 601. The minimum absolute atomic E-state index is 0.414. The molecule has 1 saturated carbocycles. The van der Waals surface area contributed by atoms with Crippen LogP contribution < -0.4 is 5.73 Å². The van der Waals surface area contributed by atoms with E-state index in [9.17, 15) is 8.42 Å². The summed E-state index contributed by atoms with van der Waals surface area (Å²) in [6, 6.07) is 9.58. The van der Waals surface area contributed by atoms with E-state index in [0.29, 0.717) is 0 Å². The van der Waals surface area contributed by atoms with Crippen LogP contribution in [0.5, 0.6) is 0 Å². The van der Waals surface area contributed by atoms with Crippen molar-refractivity contribution in [3.63, 3.8) is 0 Å². The molecule has 4 nitrogen and oxygen atoms in total. The van der Waals surface area contributed by atoms with Crippen LogP contribution in [0.1, 0.15) is 24.0 Å². The van der Waals surface area contributed by atoms with Gasteiger partial charge >= 0.3 is 0 Å². The Kier molecular flexibility index (Phi) is 2.96. The number of hydrogen-bond acceptors (Lipinski definition) is 4. The van der Waals surface area contributed by atoms with Gasteiger partial charge in [0.25, 0.3) is 0 Å². The summed E-state index contributed by atoms with van der Waals surface area (Å²) in [5, 5.41) is 8.30. The van der Waals surface area contributed by atoms with E-state index in [4.69, 9.17) is 11.0 Å². The fraction of sp³-hybridized carbons (Fsp3) is 0.462. The number of rotatable bonds is 3. The maximum Gasteiger partial charge on any atom is 0.153 e. The van der Waals surface area contributed by atoms with Gasteiger partial charge in [0, 0.05) is 12.2 Å². The van der Waals surface area contributed by atoms with E-state index >= 15 is 0 Å². The highest BCUT2D eigenvalue weighted by Gasteiger charge is 2.69. The average Bonchev–Trinajstić information content (AvgIpc) is 2.97. The zero-order valence-corrected chi connectivity index (χ0v) is 11.2. The highest BCUT2D eigenvalue weighted by atomic mass is 32.2. The largest absolute Gasteiger partial charge is 0.312 e. The first kappa shape index (κ1) is 13.1. The molecule has 0 aliphatic heterocycles. The summed E-state index contributed by atoms with van der Waals surface area (Å²) in [5.41, 5.74) is 6.61. The van der Waals surface area contributed by atoms with E-state index in [1.54, 1.807) is 0 Å². The van der Waals surface area contributed by atoms with Gasteiger partial charge in [0.2, 0.25) is 0 Å². The molecule has 0 heterocycles. The third-order valence-corrected chi connectivity index (χ3v) is 5.17. The fourth-order valence-electron chi connectivity index (χ4n) is 2.52. The second-order valence-electron chi connectivity index (χ2n) is 4.87. The molecule has 1 aromatic carbocycles. The first-order valence-corrected chi connectivity index (χ1v) is 7.78. The van der Waals surface area contributed by atoms with Gasteiger partial charge in [0.05, 0.1) is 6.07 Å². The monoisotopic (exact) mass is 264 g/mol. The highest BCUT2D eigenvalue weighted by molar-refractivity contribution is 7.91. The van der Waals surface area contributed by atoms with Gasteiger partial charge in [0.1, 0.15) is 10.8 Å². The van der Waals surface area contributed by atoms with Crippen molar-refractivity contribution in [1.82, 2.24) is 0 Å². The second kappa shape index (κ2) is 4.08. The Hall–Kier alpha value is -1.38.